The van der Waals surface area contributed by atoms with Crippen LogP contribution in [0.3, 0.4) is 0 Å². The van der Waals surface area contributed by atoms with E-state index in [9.17, 15) is 9.59 Å². The third-order valence-corrected chi connectivity index (χ3v) is 2.36. The predicted molar refractivity (Wildman–Crippen MR) is 64.4 cm³/mol. The Morgan fingerprint density at radius 3 is 2.74 bits per heavy atom. The summed E-state index contributed by atoms with van der Waals surface area (Å²) in [4.78, 5) is 22.7. The average Bonchev–Trinajstić information content (AvgIpc) is 2.92. The highest BCUT2D eigenvalue weighted by Crippen LogP contribution is 2.26. The molecule has 98 valence electrons. The van der Waals surface area contributed by atoms with Gasteiger partial charge in [-0.2, -0.15) is 0 Å². The van der Waals surface area contributed by atoms with Crippen LogP contribution in [0.15, 0.2) is 35.0 Å². The van der Waals surface area contributed by atoms with Crippen LogP contribution in [0.25, 0.3) is 0 Å². The van der Waals surface area contributed by atoms with Crippen molar-refractivity contribution in [1.29, 1.82) is 0 Å². The summed E-state index contributed by atoms with van der Waals surface area (Å²) in [7, 11) is 1.42. The molecular formula is C12H10N2O5. The smallest absolute Gasteiger partial charge is 0.335 e. The Bertz CT molecular complexity index is 607. The number of rotatable bonds is 4. The molecule has 0 saturated heterocycles. The Hall–Kier alpha value is -2.83. The zero-order valence-corrected chi connectivity index (χ0v) is 9.91. The van der Waals surface area contributed by atoms with Gasteiger partial charge in [-0.3, -0.25) is 4.79 Å². The van der Waals surface area contributed by atoms with Crippen molar-refractivity contribution in [3.63, 3.8) is 0 Å². The summed E-state index contributed by atoms with van der Waals surface area (Å²) in [6.07, 6.45) is 1.33. The molecule has 0 saturated carbocycles. The molecule has 2 aromatic rings. The summed E-state index contributed by atoms with van der Waals surface area (Å²) < 4.78 is 9.74. The first-order valence-corrected chi connectivity index (χ1v) is 5.25. The fourth-order valence-electron chi connectivity index (χ4n) is 1.46. The number of nitrogens with one attached hydrogen (secondary N) is 1. The molecule has 7 heteroatoms. The largest absolute Gasteiger partial charge is 0.495 e. The van der Waals surface area contributed by atoms with E-state index in [1.165, 1.54) is 37.6 Å². The van der Waals surface area contributed by atoms with Crippen molar-refractivity contribution in [1.82, 2.24) is 5.16 Å². The van der Waals surface area contributed by atoms with E-state index < -0.39 is 11.9 Å². The summed E-state index contributed by atoms with van der Waals surface area (Å²) >= 11 is 0. The van der Waals surface area contributed by atoms with Crippen molar-refractivity contribution in [2.45, 2.75) is 0 Å². The lowest BCUT2D eigenvalue weighted by Crippen LogP contribution is -2.12. The second kappa shape index (κ2) is 5.21. The molecule has 1 aromatic carbocycles. The Kier molecular flexibility index (Phi) is 3.46. The van der Waals surface area contributed by atoms with Gasteiger partial charge in [0.25, 0.3) is 5.91 Å². The number of anilines is 1. The van der Waals surface area contributed by atoms with E-state index in [0.717, 1.165) is 0 Å². The Labute approximate surface area is 107 Å². The van der Waals surface area contributed by atoms with Crippen molar-refractivity contribution in [2.75, 3.05) is 12.4 Å². The van der Waals surface area contributed by atoms with Crippen LogP contribution in [0.5, 0.6) is 5.75 Å². The Morgan fingerprint density at radius 2 is 2.16 bits per heavy atom. The summed E-state index contributed by atoms with van der Waals surface area (Å²) in [5.74, 6) is -1.28. The Balaban J connectivity index is 2.30. The molecule has 1 aromatic heterocycles. The lowest BCUT2D eigenvalue weighted by Gasteiger charge is -2.09. The maximum atomic E-state index is 11.8. The molecule has 2 rings (SSSR count). The quantitative estimate of drug-likeness (QED) is 0.868. The lowest BCUT2D eigenvalue weighted by atomic mass is 10.2. The van der Waals surface area contributed by atoms with Gasteiger partial charge in [-0.15, -0.1) is 0 Å². The van der Waals surface area contributed by atoms with Crippen LogP contribution >= 0.6 is 0 Å². The first kappa shape index (κ1) is 12.6. The van der Waals surface area contributed by atoms with E-state index in [-0.39, 0.29) is 17.0 Å². The van der Waals surface area contributed by atoms with Gasteiger partial charge in [-0.1, -0.05) is 5.16 Å². The SMILES string of the molecule is COc1ccc(C(=O)O)cc1NC(=O)c1ccno1. The summed E-state index contributed by atoms with van der Waals surface area (Å²) in [6, 6.07) is 5.53. The molecule has 0 atom stereocenters. The van der Waals surface area contributed by atoms with Crippen LogP contribution in [0, 0.1) is 0 Å². The summed E-state index contributed by atoms with van der Waals surface area (Å²) in [5, 5.41) is 14.8. The number of nitrogens with zero attached hydrogens (tertiary/aromatic N) is 1. The molecule has 0 aliphatic heterocycles. The van der Waals surface area contributed by atoms with Gasteiger partial charge in [-0.05, 0) is 18.2 Å². The van der Waals surface area contributed by atoms with Crippen molar-refractivity contribution in [2.24, 2.45) is 0 Å². The van der Waals surface area contributed by atoms with Crippen molar-refractivity contribution in [3.05, 3.63) is 41.8 Å². The molecule has 0 aliphatic rings. The first-order valence-electron chi connectivity index (χ1n) is 5.25. The number of ether oxygens (including phenoxy) is 1. The van der Waals surface area contributed by atoms with Gasteiger partial charge in [0.2, 0.25) is 5.76 Å². The molecule has 0 fully saturated rings. The van der Waals surface area contributed by atoms with Crippen LogP contribution in [-0.4, -0.2) is 29.2 Å². The maximum absolute atomic E-state index is 11.8. The van der Waals surface area contributed by atoms with E-state index in [0.29, 0.717) is 5.75 Å². The van der Waals surface area contributed by atoms with Crippen molar-refractivity contribution >= 4 is 17.6 Å². The first-order chi connectivity index (χ1) is 9.11. The number of methoxy groups -OCH3 is 1. The number of benzene rings is 1. The van der Waals surface area contributed by atoms with Crippen molar-refractivity contribution in [3.8, 4) is 5.75 Å². The number of hydrogen-bond donors (Lipinski definition) is 2. The van der Waals surface area contributed by atoms with Gasteiger partial charge in [0.1, 0.15) is 5.75 Å². The van der Waals surface area contributed by atoms with Gasteiger partial charge < -0.3 is 19.7 Å². The molecular weight excluding hydrogens is 252 g/mol. The second-order valence-corrected chi connectivity index (χ2v) is 3.55. The number of hydrogen-bond acceptors (Lipinski definition) is 5. The van der Waals surface area contributed by atoms with E-state index >= 15 is 0 Å². The highest BCUT2D eigenvalue weighted by Gasteiger charge is 2.14. The summed E-state index contributed by atoms with van der Waals surface area (Å²) in [5.41, 5.74) is 0.275. The van der Waals surface area contributed by atoms with Crippen LogP contribution < -0.4 is 10.1 Å². The molecule has 0 radical (unpaired) electrons. The molecule has 19 heavy (non-hydrogen) atoms. The lowest BCUT2D eigenvalue weighted by molar-refractivity contribution is 0.0696. The monoisotopic (exact) mass is 262 g/mol. The van der Waals surface area contributed by atoms with E-state index in [1.807, 2.05) is 0 Å². The molecule has 0 unspecified atom stereocenters. The highest BCUT2D eigenvalue weighted by atomic mass is 16.5. The third-order valence-electron chi connectivity index (χ3n) is 2.36. The minimum Gasteiger partial charge on any atom is -0.495 e. The highest BCUT2D eigenvalue weighted by molar-refractivity contribution is 6.03. The topological polar surface area (TPSA) is 102 Å². The normalized spacial score (nSPS) is 9.95. The molecule has 0 spiro atoms. The van der Waals surface area contributed by atoms with E-state index in [2.05, 4.69) is 10.5 Å². The Morgan fingerprint density at radius 1 is 1.37 bits per heavy atom. The number of aromatic nitrogens is 1. The molecule has 0 aliphatic carbocycles. The fraction of sp³-hybridized carbons (Fsp3) is 0.0833. The molecule has 0 bridgehead atoms. The molecule has 1 heterocycles. The number of amides is 1. The molecule has 1 amide bonds. The maximum Gasteiger partial charge on any atom is 0.335 e. The van der Waals surface area contributed by atoms with Crippen LogP contribution in [0.2, 0.25) is 0 Å². The second-order valence-electron chi connectivity index (χ2n) is 3.55. The number of carboxylic acids is 1. The number of carbonyl (C=O) groups is 2. The van der Waals surface area contributed by atoms with Crippen LogP contribution in [-0.2, 0) is 0 Å². The van der Waals surface area contributed by atoms with Crippen LogP contribution in [0.4, 0.5) is 5.69 Å². The fourth-order valence-corrected chi connectivity index (χ4v) is 1.46. The van der Waals surface area contributed by atoms with Gasteiger partial charge in [-0.25, -0.2) is 4.79 Å². The zero-order valence-electron chi connectivity index (χ0n) is 9.91. The average molecular weight is 262 g/mol. The third kappa shape index (κ3) is 2.71. The number of carboxylic acid groups (broad SMARTS) is 1. The molecule has 2 N–H and O–H groups in total. The van der Waals surface area contributed by atoms with Gasteiger partial charge in [0.15, 0.2) is 0 Å². The minimum absolute atomic E-state index is 0.0165. The minimum atomic E-state index is -1.10. The van der Waals surface area contributed by atoms with E-state index in [4.69, 9.17) is 14.4 Å². The van der Waals surface area contributed by atoms with Gasteiger partial charge >= 0.3 is 5.97 Å². The van der Waals surface area contributed by atoms with Crippen LogP contribution in [0.1, 0.15) is 20.9 Å². The molecule has 7 nitrogen and oxygen atoms in total. The number of aromatic carboxylic acids is 1. The predicted octanol–water partition coefficient (Wildman–Crippen LogP) is 1.63. The van der Waals surface area contributed by atoms with Gasteiger partial charge in [0, 0.05) is 6.07 Å². The standard InChI is InChI=1S/C12H10N2O5/c1-18-9-3-2-7(12(16)17)6-8(9)14-11(15)10-4-5-13-19-10/h2-6H,1H3,(H,14,15)(H,16,17). The zero-order chi connectivity index (χ0) is 13.8. The van der Waals surface area contributed by atoms with Gasteiger partial charge in [0.05, 0.1) is 24.6 Å². The summed E-state index contributed by atoms with van der Waals surface area (Å²) in [6.45, 7) is 0. The number of carbonyl (C=O) groups excluding carboxylic acids is 1. The van der Waals surface area contributed by atoms with Crippen molar-refractivity contribution < 1.29 is 24.0 Å². The van der Waals surface area contributed by atoms with E-state index in [1.54, 1.807) is 0 Å².